The van der Waals surface area contributed by atoms with Crippen LogP contribution in [0.4, 0.5) is 0 Å². The van der Waals surface area contributed by atoms with Crippen molar-refractivity contribution in [1.82, 2.24) is 14.5 Å². The maximum absolute atomic E-state index is 12.7. The molecule has 0 unspecified atom stereocenters. The van der Waals surface area contributed by atoms with Crippen LogP contribution in [0.2, 0.25) is 0 Å². The van der Waals surface area contributed by atoms with E-state index in [1.807, 2.05) is 83.3 Å². The van der Waals surface area contributed by atoms with Crippen molar-refractivity contribution in [3.8, 4) is 56.3 Å². The summed E-state index contributed by atoms with van der Waals surface area (Å²) in [6, 6.07) is 30.3. The Kier molecular flexibility index (Phi) is 5.18. The summed E-state index contributed by atoms with van der Waals surface area (Å²) in [5.41, 5.74) is -3.68. The Morgan fingerprint density at radius 2 is 1.28 bits per heavy atom. The predicted molar refractivity (Wildman–Crippen MR) is 228 cm³/mol. The summed E-state index contributed by atoms with van der Waals surface area (Å²) in [6.07, 6.45) is 1.82. The number of hydrogen-bond donors (Lipinski definition) is 1. The van der Waals surface area contributed by atoms with Gasteiger partial charge in [0.05, 0.1) is 22.3 Å². The van der Waals surface area contributed by atoms with Gasteiger partial charge in [0.2, 0.25) is 0 Å². The van der Waals surface area contributed by atoms with Crippen LogP contribution >= 0.6 is 0 Å². The Balaban J connectivity index is 1.69. The third-order valence-corrected chi connectivity index (χ3v) is 9.85. The number of benzene rings is 5. The standard InChI is InChI=1S/C50H53N3O/c1-31-30-51-44(32(2)43(31)33-19-14-12-15-20-33)35-25-34(26-36(27-35)48(3,4)5)39-23-18-24-42-45(39)52-47(53(42)38-21-16-13-17-22-38)40-28-37(49(6,7)8)29-41(46(40)54)50(9,10)11/h12-30,54H,1-11H3/i6D3,7D3,8D3,9D3,10D3,11D3. The van der Waals surface area contributed by atoms with Crippen molar-refractivity contribution in [2.75, 3.05) is 0 Å². The molecule has 0 aliphatic heterocycles. The largest absolute Gasteiger partial charge is 0.507 e. The summed E-state index contributed by atoms with van der Waals surface area (Å²) < 4.78 is 156. The van der Waals surface area contributed by atoms with E-state index in [0.29, 0.717) is 40.2 Å². The van der Waals surface area contributed by atoms with Gasteiger partial charge in [-0.25, -0.2) is 4.98 Å². The van der Waals surface area contributed by atoms with Gasteiger partial charge in [0, 0.05) is 53.2 Å². The Morgan fingerprint density at radius 3 is 1.94 bits per heavy atom. The smallest absolute Gasteiger partial charge is 0.149 e. The molecule has 2 aromatic heterocycles. The molecule has 274 valence electrons. The monoisotopic (exact) mass is 730 g/mol. The van der Waals surface area contributed by atoms with E-state index in [-0.39, 0.29) is 11.3 Å². The lowest BCUT2D eigenvalue weighted by molar-refractivity contribution is 0.446. The molecule has 0 amide bonds. The van der Waals surface area contributed by atoms with Gasteiger partial charge in [0.25, 0.3) is 0 Å². The molecule has 0 aliphatic carbocycles. The number of phenolic OH excluding ortho intramolecular Hbond substituents is 1. The zero-order valence-corrected chi connectivity index (χ0v) is 30.8. The van der Waals surface area contributed by atoms with Crippen molar-refractivity contribution in [3.05, 3.63) is 143 Å². The second kappa shape index (κ2) is 13.4. The van der Waals surface area contributed by atoms with E-state index < -0.39 is 79.8 Å². The van der Waals surface area contributed by atoms with E-state index in [2.05, 4.69) is 6.07 Å². The van der Waals surface area contributed by atoms with E-state index in [9.17, 15) is 5.11 Å². The second-order valence-corrected chi connectivity index (χ2v) is 14.9. The minimum atomic E-state index is -4.09. The number of pyridine rings is 1. The van der Waals surface area contributed by atoms with Gasteiger partial charge in [-0.3, -0.25) is 9.55 Å². The molecule has 1 N–H and O–H groups in total. The summed E-state index contributed by atoms with van der Waals surface area (Å²) in [5, 5.41) is 12.7. The van der Waals surface area contributed by atoms with Gasteiger partial charge in [-0.2, -0.15) is 0 Å². The molecule has 0 bridgehead atoms. The number of phenols is 1. The van der Waals surface area contributed by atoms with Crippen molar-refractivity contribution in [1.29, 1.82) is 0 Å². The highest BCUT2D eigenvalue weighted by Gasteiger charge is 2.29. The number of imidazole rings is 1. The molecule has 0 radical (unpaired) electrons. The molecule has 4 nitrogen and oxygen atoms in total. The number of rotatable bonds is 5. The molecule has 0 spiro atoms. The maximum Gasteiger partial charge on any atom is 0.149 e. The molecule has 7 aromatic rings. The normalized spacial score (nSPS) is 18.8. The van der Waals surface area contributed by atoms with E-state index in [1.165, 1.54) is 4.57 Å². The number of aryl methyl sites for hydroxylation is 1. The average molecular weight is 730 g/mol. The first-order valence-electron chi connectivity index (χ1n) is 26.6. The summed E-state index contributed by atoms with van der Waals surface area (Å²) in [6.45, 7) is -14.1. The van der Waals surface area contributed by atoms with Gasteiger partial charge < -0.3 is 5.11 Å². The topological polar surface area (TPSA) is 50.9 Å². The molecule has 0 atom stereocenters. The van der Waals surface area contributed by atoms with Crippen molar-refractivity contribution < 1.29 is 29.8 Å². The van der Waals surface area contributed by atoms with Crippen molar-refractivity contribution in [3.63, 3.8) is 0 Å². The maximum atomic E-state index is 12.7. The number of nitrogens with zero attached hydrogens (tertiary/aromatic N) is 3. The number of aromatic hydroxyl groups is 1. The van der Waals surface area contributed by atoms with Crippen molar-refractivity contribution in [2.45, 2.75) is 92.0 Å². The first-order valence-corrected chi connectivity index (χ1v) is 17.6. The van der Waals surface area contributed by atoms with Crippen LogP contribution in [0.25, 0.3) is 61.6 Å². The first kappa shape index (κ1) is 20.8. The Hall–Kier alpha value is -5.48. The average Bonchev–Trinajstić information content (AvgIpc) is 3.62. The number of para-hydroxylation sites is 2. The van der Waals surface area contributed by atoms with Gasteiger partial charge in [-0.05, 0) is 105 Å². The molecule has 5 aromatic carbocycles. The van der Waals surface area contributed by atoms with Crippen LogP contribution in [0.5, 0.6) is 5.75 Å². The molecule has 4 heteroatoms. The second-order valence-electron chi connectivity index (χ2n) is 14.9. The Morgan fingerprint density at radius 1 is 0.630 bits per heavy atom. The van der Waals surface area contributed by atoms with Crippen molar-refractivity contribution in [2.24, 2.45) is 0 Å². The fraction of sp³-hybridized carbons (Fsp3) is 0.280. The number of hydrogen-bond acceptors (Lipinski definition) is 3. The lowest BCUT2D eigenvalue weighted by atomic mass is 9.79. The van der Waals surface area contributed by atoms with Gasteiger partial charge in [0.15, 0.2) is 0 Å². The summed E-state index contributed by atoms with van der Waals surface area (Å²) >= 11 is 0. The van der Waals surface area contributed by atoms with Gasteiger partial charge in [0.1, 0.15) is 11.6 Å². The highest BCUT2D eigenvalue weighted by atomic mass is 16.3. The Bertz CT molecular complexity index is 3100. The van der Waals surface area contributed by atoms with E-state index in [1.54, 1.807) is 48.5 Å². The SMILES string of the molecule is [2H]C([2H])([2H])C(c1cc(-c2nc3c(-c4cc(-c5ncc(C)c(-c6ccccc6)c5C)cc(C(C)(C)C)c4)cccc3n2-c2ccccc2)c(O)c(C(C([2H])([2H])[2H])(C([2H])([2H])[2H])C([2H])([2H])[2H])c1)(C([2H])([2H])[2H])C([2H])([2H])[2H]. The summed E-state index contributed by atoms with van der Waals surface area (Å²) in [7, 11) is 0. The lowest BCUT2D eigenvalue weighted by Crippen LogP contribution is -2.17. The molecule has 0 aliphatic rings. The lowest BCUT2D eigenvalue weighted by Gasteiger charge is -2.27. The zero-order valence-electron chi connectivity index (χ0n) is 48.8. The molecular weight excluding hydrogens is 659 g/mol. The zero-order chi connectivity index (χ0) is 53.7. The van der Waals surface area contributed by atoms with Crippen molar-refractivity contribution >= 4 is 11.0 Å². The van der Waals surface area contributed by atoms with Crippen LogP contribution < -0.4 is 0 Å². The van der Waals surface area contributed by atoms with Crippen LogP contribution in [0.15, 0.2) is 115 Å². The molecule has 0 fully saturated rings. The minimum absolute atomic E-state index is 0.209. The third kappa shape index (κ3) is 6.75. The third-order valence-electron chi connectivity index (χ3n) is 9.85. The highest BCUT2D eigenvalue weighted by molar-refractivity contribution is 5.97. The van der Waals surface area contributed by atoms with Gasteiger partial charge >= 0.3 is 0 Å². The number of fused-ring (bicyclic) bond motifs is 1. The van der Waals surface area contributed by atoms with Crippen LogP contribution in [-0.4, -0.2) is 19.6 Å². The molecule has 7 rings (SSSR count). The van der Waals surface area contributed by atoms with Crippen LogP contribution in [-0.2, 0) is 16.2 Å². The Labute approximate surface area is 346 Å². The fourth-order valence-electron chi connectivity index (χ4n) is 7.09. The molecule has 2 heterocycles. The molecule has 54 heavy (non-hydrogen) atoms. The molecule has 0 saturated heterocycles. The molecule has 0 saturated carbocycles. The quantitative estimate of drug-likeness (QED) is 0.192. The van der Waals surface area contributed by atoms with Gasteiger partial charge in [-0.1, -0.05) is 135 Å². The highest BCUT2D eigenvalue weighted by Crippen LogP contribution is 2.45. The van der Waals surface area contributed by atoms with Gasteiger partial charge in [-0.15, -0.1) is 0 Å². The minimum Gasteiger partial charge on any atom is -0.507 e. The first-order chi connectivity index (χ1) is 32.9. The predicted octanol–water partition coefficient (Wildman–Crippen LogP) is 13.3. The van der Waals surface area contributed by atoms with E-state index >= 15 is 0 Å². The molecular formula is C50H53N3O. The summed E-state index contributed by atoms with van der Waals surface area (Å²) in [4.78, 5) is 9.97. The van der Waals surface area contributed by atoms with E-state index in [0.717, 1.165) is 33.4 Å². The fourth-order valence-corrected chi connectivity index (χ4v) is 7.09. The summed E-state index contributed by atoms with van der Waals surface area (Å²) in [5.74, 6) is -1.72. The van der Waals surface area contributed by atoms with Crippen LogP contribution in [0, 0.1) is 13.8 Å². The van der Waals surface area contributed by atoms with Crippen LogP contribution in [0.1, 0.15) is 114 Å². The van der Waals surface area contributed by atoms with E-state index in [4.69, 9.17) is 34.6 Å². The van der Waals surface area contributed by atoms with Crippen LogP contribution in [0.3, 0.4) is 0 Å². The number of aromatic nitrogens is 3.